The van der Waals surface area contributed by atoms with E-state index in [4.69, 9.17) is 5.11 Å². The zero-order valence-electron chi connectivity index (χ0n) is 11.4. The average molecular weight is 317 g/mol. The Morgan fingerprint density at radius 3 is 3.24 bits per heavy atom. The lowest BCUT2D eigenvalue weighted by atomic mass is 9.94. The number of nitrogens with one attached hydrogen (secondary N) is 1. The van der Waals surface area contributed by atoms with E-state index in [2.05, 4.69) is 28.6 Å². The lowest BCUT2D eigenvalue weighted by Crippen LogP contribution is -2.30. The molecular formula is C16H15NO2S2. The lowest BCUT2D eigenvalue weighted by molar-refractivity contribution is 0.0933. The van der Waals surface area contributed by atoms with Crippen molar-refractivity contribution in [2.45, 2.75) is 25.3 Å². The van der Waals surface area contributed by atoms with Gasteiger partial charge in [0.1, 0.15) is 6.61 Å². The van der Waals surface area contributed by atoms with Gasteiger partial charge >= 0.3 is 0 Å². The Morgan fingerprint density at radius 2 is 2.38 bits per heavy atom. The number of hydrogen-bond donors (Lipinski definition) is 2. The topological polar surface area (TPSA) is 49.3 Å². The molecule has 5 heteroatoms. The molecule has 0 saturated carbocycles. The second-order valence-electron chi connectivity index (χ2n) is 4.88. The minimum absolute atomic E-state index is 0.0488. The van der Waals surface area contributed by atoms with E-state index in [1.807, 2.05) is 5.38 Å². The van der Waals surface area contributed by atoms with Crippen molar-refractivity contribution in [3.63, 3.8) is 0 Å². The zero-order valence-corrected chi connectivity index (χ0v) is 13.0. The fourth-order valence-electron chi connectivity index (χ4n) is 2.53. The number of aliphatic hydroxyl groups excluding tert-OH is 1. The van der Waals surface area contributed by atoms with E-state index in [0.29, 0.717) is 5.56 Å². The molecule has 1 atom stereocenters. The molecule has 21 heavy (non-hydrogen) atoms. The molecule has 1 amide bonds. The summed E-state index contributed by atoms with van der Waals surface area (Å²) < 4.78 is 0. The van der Waals surface area contributed by atoms with Crippen LogP contribution in [0, 0.1) is 11.8 Å². The van der Waals surface area contributed by atoms with Crippen molar-refractivity contribution in [2.24, 2.45) is 0 Å². The van der Waals surface area contributed by atoms with Crippen molar-refractivity contribution in [1.82, 2.24) is 5.32 Å². The first kappa shape index (κ1) is 14.3. The standard InChI is InChI=1S/C16H15NO2S2/c18-7-2-3-12-9-11(10-21-12)16(19)17-14-4-1-5-15-13(14)6-8-20-15/h6,8-10,14,18H,1,4-5,7H2,(H,17,19). The Balaban J connectivity index is 1.71. The smallest absolute Gasteiger partial charge is 0.252 e. The molecule has 1 aliphatic carbocycles. The Bertz CT molecular complexity index is 705. The summed E-state index contributed by atoms with van der Waals surface area (Å²) in [6.07, 6.45) is 3.24. The van der Waals surface area contributed by atoms with Gasteiger partial charge in [0.2, 0.25) is 0 Å². The maximum Gasteiger partial charge on any atom is 0.252 e. The lowest BCUT2D eigenvalue weighted by Gasteiger charge is -2.23. The van der Waals surface area contributed by atoms with E-state index in [-0.39, 0.29) is 18.6 Å². The molecule has 0 saturated heterocycles. The van der Waals surface area contributed by atoms with Crippen LogP contribution in [0.3, 0.4) is 0 Å². The molecule has 108 valence electrons. The molecule has 1 unspecified atom stereocenters. The van der Waals surface area contributed by atoms with Crippen molar-refractivity contribution in [3.05, 3.63) is 43.8 Å². The number of rotatable bonds is 2. The molecule has 0 aliphatic heterocycles. The molecule has 2 aromatic heterocycles. The summed E-state index contributed by atoms with van der Waals surface area (Å²) in [5.74, 6) is 5.37. The quantitative estimate of drug-likeness (QED) is 0.837. The summed E-state index contributed by atoms with van der Waals surface area (Å²) in [6.45, 7) is -0.164. The van der Waals surface area contributed by atoms with Gasteiger partial charge in [0, 0.05) is 10.3 Å². The van der Waals surface area contributed by atoms with Gasteiger partial charge in [-0.2, -0.15) is 0 Å². The third-order valence-electron chi connectivity index (χ3n) is 3.51. The fourth-order valence-corrected chi connectivity index (χ4v) is 4.27. The molecule has 0 fully saturated rings. The molecule has 3 nitrogen and oxygen atoms in total. The number of fused-ring (bicyclic) bond motifs is 1. The number of thiophene rings is 2. The second kappa shape index (κ2) is 6.44. The molecule has 2 heterocycles. The molecule has 0 radical (unpaired) electrons. The van der Waals surface area contributed by atoms with Gasteiger partial charge in [0.15, 0.2) is 0 Å². The van der Waals surface area contributed by atoms with Gasteiger partial charge in [-0.3, -0.25) is 4.79 Å². The van der Waals surface area contributed by atoms with Crippen LogP contribution in [0.5, 0.6) is 0 Å². The molecule has 3 rings (SSSR count). The van der Waals surface area contributed by atoms with E-state index in [1.54, 1.807) is 17.4 Å². The van der Waals surface area contributed by atoms with Crippen molar-refractivity contribution < 1.29 is 9.90 Å². The van der Waals surface area contributed by atoms with Crippen molar-refractivity contribution >= 4 is 28.6 Å². The van der Waals surface area contributed by atoms with Crippen LogP contribution >= 0.6 is 22.7 Å². The Hall–Kier alpha value is -1.61. The van der Waals surface area contributed by atoms with Gasteiger partial charge in [-0.05, 0) is 42.3 Å². The van der Waals surface area contributed by atoms with Gasteiger partial charge in [-0.25, -0.2) is 0 Å². The van der Waals surface area contributed by atoms with Crippen molar-refractivity contribution in [3.8, 4) is 11.8 Å². The normalized spacial score (nSPS) is 16.7. The maximum atomic E-state index is 12.3. The first-order valence-electron chi connectivity index (χ1n) is 6.83. The first-order chi connectivity index (χ1) is 10.3. The van der Waals surface area contributed by atoms with Crippen LogP contribution in [-0.2, 0) is 6.42 Å². The highest BCUT2D eigenvalue weighted by Crippen LogP contribution is 2.33. The van der Waals surface area contributed by atoms with Gasteiger partial charge in [-0.1, -0.05) is 11.8 Å². The van der Waals surface area contributed by atoms with Crippen LogP contribution in [0.25, 0.3) is 0 Å². The molecule has 2 aromatic rings. The van der Waals surface area contributed by atoms with Crippen molar-refractivity contribution in [1.29, 1.82) is 0 Å². The zero-order chi connectivity index (χ0) is 14.7. The molecule has 0 aromatic carbocycles. The number of carbonyl (C=O) groups is 1. The van der Waals surface area contributed by atoms with Crippen LogP contribution in [-0.4, -0.2) is 17.6 Å². The summed E-state index contributed by atoms with van der Waals surface area (Å²) in [5, 5.41) is 15.7. The monoisotopic (exact) mass is 317 g/mol. The SMILES string of the molecule is O=C(NC1CCCc2sccc21)c1csc(C#CCO)c1. The largest absolute Gasteiger partial charge is 0.384 e. The van der Waals surface area contributed by atoms with Gasteiger partial charge in [0.05, 0.1) is 16.5 Å². The second-order valence-corrected chi connectivity index (χ2v) is 6.79. The Kier molecular flexibility index (Phi) is 4.39. The first-order valence-corrected chi connectivity index (χ1v) is 8.59. The minimum atomic E-state index is -0.164. The van der Waals surface area contributed by atoms with Crippen LogP contribution in [0.4, 0.5) is 0 Å². The van der Waals surface area contributed by atoms with Gasteiger partial charge < -0.3 is 10.4 Å². The highest BCUT2D eigenvalue weighted by Gasteiger charge is 2.23. The summed E-state index contributed by atoms with van der Waals surface area (Å²) in [4.78, 5) is 14.5. The van der Waals surface area contributed by atoms with E-state index in [0.717, 1.165) is 24.1 Å². The van der Waals surface area contributed by atoms with Gasteiger partial charge in [0.25, 0.3) is 5.91 Å². The number of carbonyl (C=O) groups excluding carboxylic acids is 1. The summed E-state index contributed by atoms with van der Waals surface area (Å²) in [5.41, 5.74) is 1.92. The van der Waals surface area contributed by atoms with Crippen LogP contribution in [0.2, 0.25) is 0 Å². The molecule has 0 spiro atoms. The third kappa shape index (κ3) is 3.18. The van der Waals surface area contributed by atoms with E-state index in [1.165, 1.54) is 21.8 Å². The van der Waals surface area contributed by atoms with E-state index < -0.39 is 0 Å². The summed E-state index contributed by atoms with van der Waals surface area (Å²) in [6, 6.07) is 4.02. The Morgan fingerprint density at radius 1 is 1.48 bits per heavy atom. The Labute approximate surface area is 131 Å². The maximum absolute atomic E-state index is 12.3. The number of aryl methyl sites for hydroxylation is 1. The summed E-state index contributed by atoms with van der Waals surface area (Å²) in [7, 11) is 0. The van der Waals surface area contributed by atoms with Crippen molar-refractivity contribution in [2.75, 3.05) is 6.61 Å². The molecule has 1 aliphatic rings. The minimum Gasteiger partial charge on any atom is -0.384 e. The van der Waals surface area contributed by atoms with E-state index in [9.17, 15) is 4.79 Å². The highest BCUT2D eigenvalue weighted by molar-refractivity contribution is 7.10. The highest BCUT2D eigenvalue weighted by atomic mass is 32.1. The number of aliphatic hydroxyl groups is 1. The average Bonchev–Trinajstić information content (AvgIpc) is 3.14. The fraction of sp³-hybridized carbons (Fsp3) is 0.312. The predicted molar refractivity (Wildman–Crippen MR) is 85.7 cm³/mol. The number of hydrogen-bond acceptors (Lipinski definition) is 4. The van der Waals surface area contributed by atoms with Crippen LogP contribution < -0.4 is 5.32 Å². The molecule has 0 bridgehead atoms. The molecule has 2 N–H and O–H groups in total. The van der Waals surface area contributed by atoms with Crippen LogP contribution in [0.1, 0.15) is 44.6 Å². The van der Waals surface area contributed by atoms with Gasteiger partial charge in [-0.15, -0.1) is 22.7 Å². The van der Waals surface area contributed by atoms with E-state index >= 15 is 0 Å². The molecular weight excluding hydrogens is 302 g/mol. The number of amides is 1. The van der Waals surface area contributed by atoms with Crippen LogP contribution in [0.15, 0.2) is 22.9 Å². The predicted octanol–water partition coefficient (Wildman–Crippen LogP) is 2.96. The summed E-state index contributed by atoms with van der Waals surface area (Å²) >= 11 is 3.20. The third-order valence-corrected chi connectivity index (χ3v) is 5.35.